The quantitative estimate of drug-likeness (QED) is 0.589. The lowest BCUT2D eigenvalue weighted by molar-refractivity contribution is -0.137. The molecule has 0 unspecified atom stereocenters. The van der Waals surface area contributed by atoms with Gasteiger partial charge in [0.2, 0.25) is 0 Å². The molecule has 21 heavy (non-hydrogen) atoms. The Morgan fingerprint density at radius 2 is 1.71 bits per heavy atom. The van der Waals surface area contributed by atoms with E-state index in [1.165, 1.54) is 12.1 Å². The van der Waals surface area contributed by atoms with Crippen LogP contribution in [0.5, 0.6) is 0 Å². The summed E-state index contributed by atoms with van der Waals surface area (Å²) in [7, 11) is 0. The van der Waals surface area contributed by atoms with Gasteiger partial charge in [-0.25, -0.2) is 5.26 Å². The molecule has 108 valence electrons. The van der Waals surface area contributed by atoms with Gasteiger partial charge in [0.15, 0.2) is 0 Å². The van der Waals surface area contributed by atoms with Gasteiger partial charge in [0.25, 0.3) is 6.71 Å². The second-order valence-electron chi connectivity index (χ2n) is 5.26. The Hall–Kier alpha value is -1.92. The zero-order valence-electron chi connectivity index (χ0n) is 11.2. The van der Waals surface area contributed by atoms with E-state index in [1.54, 1.807) is 0 Å². The van der Waals surface area contributed by atoms with Crippen molar-refractivity contribution in [3.63, 3.8) is 0 Å². The Bertz CT molecular complexity index is 599. The highest BCUT2D eigenvalue weighted by atomic mass is 19.4. The first-order valence-electron chi connectivity index (χ1n) is 6.65. The third kappa shape index (κ3) is 4.03. The summed E-state index contributed by atoms with van der Waals surface area (Å²) in [5, 5.41) is 19.1. The second-order valence-corrected chi connectivity index (χ2v) is 5.26. The van der Waals surface area contributed by atoms with Crippen molar-refractivity contribution in [2.24, 2.45) is 0 Å². The van der Waals surface area contributed by atoms with E-state index in [1.807, 2.05) is 0 Å². The lowest BCUT2D eigenvalue weighted by atomic mass is 9.41. The van der Waals surface area contributed by atoms with Gasteiger partial charge in [-0.05, 0) is 37.1 Å². The minimum atomic E-state index is -4.36. The van der Waals surface area contributed by atoms with E-state index >= 15 is 0 Å². The number of hydrogen-bond acceptors (Lipinski definition) is 2. The lowest BCUT2D eigenvalue weighted by Crippen LogP contribution is -2.34. The molecule has 0 bridgehead atoms. The predicted molar refractivity (Wildman–Crippen MR) is 73.5 cm³/mol. The van der Waals surface area contributed by atoms with Crippen molar-refractivity contribution in [3.8, 4) is 17.8 Å². The molecule has 1 saturated heterocycles. The largest absolute Gasteiger partial charge is 0.416 e. The van der Waals surface area contributed by atoms with Crippen molar-refractivity contribution in [2.75, 3.05) is 0 Å². The Morgan fingerprint density at radius 1 is 1.14 bits per heavy atom. The summed E-state index contributed by atoms with van der Waals surface area (Å²) in [6.45, 7) is -0.0434. The number of alkyl halides is 3. The second kappa shape index (κ2) is 5.83. The van der Waals surface area contributed by atoms with Crippen molar-refractivity contribution in [1.82, 2.24) is 0 Å². The maximum Gasteiger partial charge on any atom is 0.416 e. The standard InChI is InChI=1S/C15H13BF3NO/c17-15(18,19)13-3-1-12(2-4-13)5-6-14(21)7-9-16(11-20)10-8-14/h1-4,21H,7-10H2. The first-order valence-corrected chi connectivity index (χ1v) is 6.65. The van der Waals surface area contributed by atoms with Crippen LogP contribution in [0.15, 0.2) is 24.3 Å². The molecule has 0 spiro atoms. The van der Waals surface area contributed by atoms with Crippen molar-refractivity contribution in [2.45, 2.75) is 37.3 Å². The molecule has 0 aliphatic carbocycles. The molecule has 1 fully saturated rings. The average molecular weight is 291 g/mol. The van der Waals surface area contributed by atoms with Crippen LogP contribution in [0, 0.1) is 23.1 Å². The molecule has 1 N–H and O–H groups in total. The Kier molecular flexibility index (Phi) is 4.30. The molecule has 6 heteroatoms. The van der Waals surface area contributed by atoms with Crippen LogP contribution in [0.1, 0.15) is 24.0 Å². The molecule has 1 aliphatic heterocycles. The van der Waals surface area contributed by atoms with Crippen LogP contribution in [-0.4, -0.2) is 17.4 Å². The van der Waals surface area contributed by atoms with Crippen LogP contribution in [0.3, 0.4) is 0 Å². The predicted octanol–water partition coefficient (Wildman–Crippen LogP) is 3.14. The highest BCUT2D eigenvalue weighted by molar-refractivity contribution is 6.67. The van der Waals surface area contributed by atoms with Gasteiger partial charge >= 0.3 is 6.18 Å². The molecule has 1 heterocycles. The first-order chi connectivity index (χ1) is 9.82. The SMILES string of the molecule is N#CB1CCC(O)(C#Cc2ccc(C(F)(F)F)cc2)CC1. The first kappa shape index (κ1) is 15.5. The van der Waals surface area contributed by atoms with Gasteiger partial charge in [0, 0.05) is 11.5 Å². The molecule has 0 radical (unpaired) electrons. The maximum atomic E-state index is 12.4. The lowest BCUT2D eigenvalue weighted by Gasteiger charge is -2.27. The zero-order chi connectivity index (χ0) is 15.5. The van der Waals surface area contributed by atoms with Crippen LogP contribution >= 0.6 is 0 Å². The molecular formula is C15H13BF3NO. The van der Waals surface area contributed by atoms with Crippen molar-refractivity contribution in [1.29, 1.82) is 5.26 Å². The van der Waals surface area contributed by atoms with Crippen LogP contribution in [0.2, 0.25) is 12.6 Å². The third-order valence-corrected chi connectivity index (χ3v) is 3.65. The summed E-state index contributed by atoms with van der Waals surface area (Å²) < 4.78 is 37.3. The number of hydrogen-bond donors (Lipinski definition) is 1. The molecule has 1 aromatic rings. The van der Waals surface area contributed by atoms with Crippen molar-refractivity contribution < 1.29 is 18.3 Å². The summed E-state index contributed by atoms with van der Waals surface area (Å²) in [4.78, 5) is 0. The minimum absolute atomic E-state index is 0.0434. The Morgan fingerprint density at radius 3 is 2.19 bits per heavy atom. The molecule has 2 nitrogen and oxygen atoms in total. The fourth-order valence-corrected chi connectivity index (χ4v) is 2.28. The fourth-order valence-electron chi connectivity index (χ4n) is 2.28. The summed E-state index contributed by atoms with van der Waals surface area (Å²) >= 11 is 0. The number of halogens is 3. The molecule has 1 aliphatic rings. The van der Waals surface area contributed by atoms with Gasteiger partial charge in [0.1, 0.15) is 5.60 Å². The van der Waals surface area contributed by atoms with E-state index in [2.05, 4.69) is 17.8 Å². The van der Waals surface area contributed by atoms with Crippen molar-refractivity contribution in [3.05, 3.63) is 35.4 Å². The summed E-state index contributed by atoms with van der Waals surface area (Å²) in [6, 6.07) is 4.53. The van der Waals surface area contributed by atoms with Gasteiger partial charge in [-0.2, -0.15) is 13.2 Å². The van der Waals surface area contributed by atoms with Crippen LogP contribution < -0.4 is 0 Å². The van der Waals surface area contributed by atoms with Crippen molar-refractivity contribution >= 4 is 6.71 Å². The molecule has 2 rings (SSSR count). The molecule has 0 atom stereocenters. The molecule has 0 aromatic heterocycles. The van der Waals surface area contributed by atoms with Crippen LogP contribution in [0.4, 0.5) is 13.2 Å². The Labute approximate surface area is 121 Å². The normalized spacial score (nSPS) is 17.6. The smallest absolute Gasteiger partial charge is 0.378 e. The number of nitriles is 1. The molecule has 1 aromatic carbocycles. The van der Waals surface area contributed by atoms with E-state index < -0.39 is 17.3 Å². The topological polar surface area (TPSA) is 44.0 Å². The summed E-state index contributed by atoms with van der Waals surface area (Å²) in [5.41, 5.74) is -1.43. The summed E-state index contributed by atoms with van der Waals surface area (Å²) in [5.74, 6) is 7.62. The number of nitrogens with zero attached hydrogens (tertiary/aromatic N) is 1. The minimum Gasteiger partial charge on any atom is -0.378 e. The number of aliphatic hydroxyl groups is 1. The van der Waals surface area contributed by atoms with E-state index in [0.29, 0.717) is 31.0 Å². The third-order valence-electron chi connectivity index (χ3n) is 3.65. The number of rotatable bonds is 0. The molecular weight excluding hydrogens is 278 g/mol. The Balaban J connectivity index is 2.08. The van der Waals surface area contributed by atoms with E-state index in [-0.39, 0.29) is 6.71 Å². The van der Waals surface area contributed by atoms with Gasteiger partial charge in [-0.15, -0.1) is 0 Å². The van der Waals surface area contributed by atoms with Gasteiger partial charge in [-0.1, -0.05) is 24.5 Å². The highest BCUT2D eigenvalue weighted by Gasteiger charge is 2.33. The monoisotopic (exact) mass is 291 g/mol. The van der Waals surface area contributed by atoms with Gasteiger partial charge < -0.3 is 5.11 Å². The average Bonchev–Trinajstić information content (AvgIpc) is 2.46. The van der Waals surface area contributed by atoms with E-state index in [9.17, 15) is 18.3 Å². The highest BCUT2D eigenvalue weighted by Crippen LogP contribution is 2.30. The van der Waals surface area contributed by atoms with E-state index in [0.717, 1.165) is 12.1 Å². The summed E-state index contributed by atoms with van der Waals surface area (Å²) in [6.07, 6.45) is -2.35. The zero-order valence-corrected chi connectivity index (χ0v) is 11.2. The van der Waals surface area contributed by atoms with Gasteiger partial charge in [-0.3, -0.25) is 0 Å². The van der Waals surface area contributed by atoms with Crippen LogP contribution in [0.25, 0.3) is 0 Å². The van der Waals surface area contributed by atoms with Crippen LogP contribution in [-0.2, 0) is 6.18 Å². The number of benzene rings is 1. The van der Waals surface area contributed by atoms with Gasteiger partial charge in [0.05, 0.1) is 5.56 Å². The maximum absolute atomic E-state index is 12.4. The fraction of sp³-hybridized carbons (Fsp3) is 0.400. The molecule has 0 amide bonds. The van der Waals surface area contributed by atoms with E-state index in [4.69, 9.17) is 5.26 Å². The molecule has 0 saturated carbocycles.